The second-order valence-electron chi connectivity index (χ2n) is 27.7. The van der Waals surface area contributed by atoms with Gasteiger partial charge in [0.1, 0.15) is 19.8 Å². The van der Waals surface area contributed by atoms with Gasteiger partial charge in [0, 0.05) is 12.8 Å². The molecule has 0 aromatic heterocycles. The molecule has 0 heterocycles. The summed E-state index contributed by atoms with van der Waals surface area (Å²) in [7, 11) is 1.16. The molecule has 0 spiro atoms. The number of hydrogen-bond donors (Lipinski definition) is 0. The first kappa shape index (κ1) is 90.7. The van der Waals surface area contributed by atoms with Gasteiger partial charge < -0.3 is 27.9 Å². The third-order valence-corrected chi connectivity index (χ3v) is 18.2. The Morgan fingerprint density at radius 2 is 0.606 bits per heavy atom. The fourth-order valence-electron chi connectivity index (χ4n) is 11.3. The first-order valence-corrected chi connectivity index (χ1v) is 41.1. The molecular weight excluding hydrogens is 1180 g/mol. The highest BCUT2D eigenvalue weighted by molar-refractivity contribution is 7.45. The average Bonchev–Trinajstić information content (AvgIpc) is 1.66. The fourth-order valence-corrected chi connectivity index (χ4v) is 12.0. The van der Waals surface area contributed by atoms with Crippen LogP contribution >= 0.6 is 7.82 Å². The lowest BCUT2D eigenvalue weighted by Crippen LogP contribution is -2.37. The molecule has 10 heteroatoms. The van der Waals surface area contributed by atoms with Crippen molar-refractivity contribution >= 4 is 19.8 Å². The number of likely N-dealkylation sites (N-methyl/N-ethyl adjacent to an activating group) is 1. The highest BCUT2D eigenvalue weighted by Gasteiger charge is 2.22. The van der Waals surface area contributed by atoms with Gasteiger partial charge in [-0.15, -0.1) is 0 Å². The van der Waals surface area contributed by atoms with Crippen LogP contribution in [0.5, 0.6) is 0 Å². The molecule has 2 unspecified atom stereocenters. The SMILES string of the molecule is CC/C=C\C/C=C\C/C=C\C/C=C\C/C=C\C/C=C\C/C=C\CCCCCCCCCCCC(=O)OC(COC(=O)CCCCCCCCCCCCCCCCCCCCCCCCCCCCC/C=C\C/C=C\CCCCCCC)COP(=O)([O-])OCC[N+](C)(C)C. The second kappa shape index (κ2) is 73.9. The van der Waals surface area contributed by atoms with E-state index in [1.54, 1.807) is 0 Å². The molecule has 2 atom stereocenters. The summed E-state index contributed by atoms with van der Waals surface area (Å²) in [6.07, 6.45) is 105. The average molecular weight is 1330 g/mol. The van der Waals surface area contributed by atoms with Gasteiger partial charge in [-0.1, -0.05) is 354 Å². The van der Waals surface area contributed by atoms with Crippen LogP contribution in [-0.4, -0.2) is 70.0 Å². The normalized spacial score (nSPS) is 13.6. The number of quaternary nitrogens is 1. The molecule has 0 aromatic carbocycles. The molecule has 0 aliphatic rings. The van der Waals surface area contributed by atoms with E-state index in [1.807, 2.05) is 21.1 Å². The summed E-state index contributed by atoms with van der Waals surface area (Å²) in [5.74, 6) is -0.831. The molecule has 0 rings (SSSR count). The highest BCUT2D eigenvalue weighted by atomic mass is 31.2. The van der Waals surface area contributed by atoms with Crippen LogP contribution in [0.1, 0.15) is 361 Å². The van der Waals surface area contributed by atoms with Gasteiger partial charge in [0.15, 0.2) is 6.10 Å². The standard InChI is InChI=1S/C84H150NO8P/c1-6-8-10-12-14-16-18-20-22-24-26-28-30-32-34-36-38-39-40-41-42-43-44-45-47-48-50-52-54-56-58-60-62-64-66-68-70-72-74-76-83(86)90-80-82(81-92-94(88,89)91-79-78-85(3,4)5)93-84(87)77-75-73-71-69-67-65-63-61-59-57-55-53-51-49-46-37-35-33-31-29-27-25-23-21-19-17-15-13-11-9-7-2/h9,11,15,17-18,20-21,23-24,26-27,29,33,35,46,49,53,55,82H,6-8,10,12-14,16,19,22,25,28,30-32,34,36-45,47-48,50-52,54,56-81H2,1-5H3/b11-9-,17-15-,20-18-,23-21-,26-24-,29-27-,35-33-,49-46-,55-53-. The number of esters is 2. The molecule has 0 aromatic rings. The Bertz CT molecular complexity index is 1960. The first-order chi connectivity index (χ1) is 46.0. The fraction of sp³-hybridized carbons (Fsp3) is 0.762. The predicted octanol–water partition coefficient (Wildman–Crippen LogP) is 25.8. The van der Waals surface area contributed by atoms with Gasteiger partial charge in [0.05, 0.1) is 27.7 Å². The molecule has 0 bridgehead atoms. The zero-order valence-electron chi connectivity index (χ0n) is 62.1. The number of carbonyl (C=O) groups is 2. The number of hydrogen-bond acceptors (Lipinski definition) is 8. The number of allylic oxidation sites excluding steroid dienone is 18. The smallest absolute Gasteiger partial charge is 0.306 e. The van der Waals surface area contributed by atoms with Crippen LogP contribution in [0, 0.1) is 0 Å². The molecule has 9 nitrogen and oxygen atoms in total. The number of carbonyl (C=O) groups excluding carboxylic acids is 2. The van der Waals surface area contributed by atoms with Crippen LogP contribution in [0.4, 0.5) is 0 Å². The minimum Gasteiger partial charge on any atom is -0.756 e. The van der Waals surface area contributed by atoms with Crippen molar-refractivity contribution in [1.82, 2.24) is 0 Å². The Hall–Kier alpha value is -3.33. The van der Waals surface area contributed by atoms with Crippen molar-refractivity contribution in [3.8, 4) is 0 Å². The zero-order valence-corrected chi connectivity index (χ0v) is 63.0. The van der Waals surface area contributed by atoms with E-state index in [2.05, 4.69) is 123 Å². The number of phosphoric acid groups is 1. The monoisotopic (exact) mass is 1330 g/mol. The lowest BCUT2D eigenvalue weighted by Gasteiger charge is -2.28. The van der Waals surface area contributed by atoms with Gasteiger partial charge in [-0.2, -0.15) is 0 Å². The second-order valence-corrected chi connectivity index (χ2v) is 29.1. The van der Waals surface area contributed by atoms with Gasteiger partial charge in [-0.05, 0) is 103 Å². The van der Waals surface area contributed by atoms with E-state index in [0.717, 1.165) is 96.3 Å². The van der Waals surface area contributed by atoms with E-state index >= 15 is 0 Å². The van der Waals surface area contributed by atoms with Gasteiger partial charge >= 0.3 is 11.9 Å². The molecule has 94 heavy (non-hydrogen) atoms. The van der Waals surface area contributed by atoms with Crippen molar-refractivity contribution < 1.29 is 42.1 Å². The molecule has 544 valence electrons. The Morgan fingerprint density at radius 3 is 0.904 bits per heavy atom. The van der Waals surface area contributed by atoms with Crippen molar-refractivity contribution in [3.63, 3.8) is 0 Å². The van der Waals surface area contributed by atoms with Crippen molar-refractivity contribution in [1.29, 1.82) is 0 Å². The number of unbranched alkanes of at least 4 members (excludes halogenated alkanes) is 41. The summed E-state index contributed by atoms with van der Waals surface area (Å²) in [4.78, 5) is 38.2. The third kappa shape index (κ3) is 77.7. The van der Waals surface area contributed by atoms with E-state index in [1.165, 1.54) is 231 Å². The van der Waals surface area contributed by atoms with Gasteiger partial charge in [-0.25, -0.2) is 0 Å². The number of ether oxygens (including phenoxy) is 2. The topological polar surface area (TPSA) is 111 Å². The zero-order chi connectivity index (χ0) is 68.3. The largest absolute Gasteiger partial charge is 0.756 e. The predicted molar refractivity (Wildman–Crippen MR) is 406 cm³/mol. The Balaban J connectivity index is 3.96. The number of nitrogens with zero attached hydrogens (tertiary/aromatic N) is 1. The maximum Gasteiger partial charge on any atom is 0.306 e. The van der Waals surface area contributed by atoms with Crippen LogP contribution in [0.3, 0.4) is 0 Å². The van der Waals surface area contributed by atoms with Crippen molar-refractivity contribution in [3.05, 3.63) is 109 Å². The summed E-state index contributed by atoms with van der Waals surface area (Å²) >= 11 is 0. The molecule has 0 aliphatic carbocycles. The summed E-state index contributed by atoms with van der Waals surface area (Å²) in [6, 6.07) is 0. The first-order valence-electron chi connectivity index (χ1n) is 39.6. The van der Waals surface area contributed by atoms with Crippen molar-refractivity contribution in [2.45, 2.75) is 367 Å². The van der Waals surface area contributed by atoms with Gasteiger partial charge in [0.2, 0.25) is 0 Å². The van der Waals surface area contributed by atoms with E-state index in [4.69, 9.17) is 18.5 Å². The van der Waals surface area contributed by atoms with Crippen LogP contribution in [0.15, 0.2) is 109 Å². The lowest BCUT2D eigenvalue weighted by atomic mass is 10.0. The molecule has 0 saturated carbocycles. The van der Waals surface area contributed by atoms with Crippen molar-refractivity contribution in [2.75, 3.05) is 47.5 Å². The molecule has 0 saturated heterocycles. The molecule has 0 amide bonds. The molecule has 0 fully saturated rings. The third-order valence-electron chi connectivity index (χ3n) is 17.3. The minimum atomic E-state index is -4.65. The molecule has 0 N–H and O–H groups in total. The Labute approximate surface area is 582 Å². The van der Waals surface area contributed by atoms with E-state index in [-0.39, 0.29) is 32.0 Å². The Morgan fingerprint density at radius 1 is 0.340 bits per heavy atom. The van der Waals surface area contributed by atoms with Gasteiger partial charge in [0.25, 0.3) is 7.82 Å². The van der Waals surface area contributed by atoms with Crippen molar-refractivity contribution in [2.24, 2.45) is 0 Å². The Kier molecular flexibility index (Phi) is 71.3. The molecular formula is C84H150NO8P. The summed E-state index contributed by atoms with van der Waals surface area (Å²) in [5.41, 5.74) is 0. The minimum absolute atomic E-state index is 0.0350. The van der Waals surface area contributed by atoms with Crippen LogP contribution in [0.2, 0.25) is 0 Å². The van der Waals surface area contributed by atoms with Gasteiger partial charge in [-0.3, -0.25) is 14.2 Å². The lowest BCUT2D eigenvalue weighted by molar-refractivity contribution is -0.870. The summed E-state index contributed by atoms with van der Waals surface area (Å²) < 4.78 is 34.4. The maximum atomic E-state index is 12.9. The van der Waals surface area contributed by atoms with Crippen LogP contribution in [0.25, 0.3) is 0 Å². The summed E-state index contributed by atoms with van der Waals surface area (Å²) in [5, 5.41) is 0. The number of phosphoric ester groups is 1. The maximum absolute atomic E-state index is 12.9. The van der Waals surface area contributed by atoms with E-state index in [9.17, 15) is 19.0 Å². The van der Waals surface area contributed by atoms with E-state index < -0.39 is 26.5 Å². The van der Waals surface area contributed by atoms with Crippen LogP contribution < -0.4 is 4.89 Å². The van der Waals surface area contributed by atoms with Crippen LogP contribution in [-0.2, 0) is 32.7 Å². The van der Waals surface area contributed by atoms with E-state index in [0.29, 0.717) is 17.4 Å². The number of rotatable bonds is 73. The quantitative estimate of drug-likeness (QED) is 0.0195. The summed E-state index contributed by atoms with van der Waals surface area (Å²) in [6.45, 7) is 4.15. The highest BCUT2D eigenvalue weighted by Crippen LogP contribution is 2.38. The molecule has 0 radical (unpaired) electrons. The molecule has 0 aliphatic heterocycles.